The van der Waals surface area contributed by atoms with Gasteiger partial charge in [0.25, 0.3) is 0 Å². The van der Waals surface area contributed by atoms with E-state index < -0.39 is 0 Å². The largest absolute Gasteiger partial charge is 0.378 e. The minimum Gasteiger partial charge on any atom is -0.378 e. The molecule has 1 unspecified atom stereocenters. The second-order valence-corrected chi connectivity index (χ2v) is 9.35. The summed E-state index contributed by atoms with van der Waals surface area (Å²) in [6.07, 6.45) is 0. The Kier molecular flexibility index (Phi) is 8.66. The van der Waals surface area contributed by atoms with E-state index in [0.717, 1.165) is 26.2 Å². The van der Waals surface area contributed by atoms with E-state index in [-0.39, 0.29) is 5.92 Å². The summed E-state index contributed by atoms with van der Waals surface area (Å²) in [7, 11) is 4.21. The van der Waals surface area contributed by atoms with Crippen LogP contribution in [0.4, 0.5) is 17.1 Å². The van der Waals surface area contributed by atoms with Crippen molar-refractivity contribution in [3.05, 3.63) is 88.5 Å². The SMILES string of the molecule is CCN(CC)c1ccc(C(c2ccc(N(C)C)cc2C)c2ccc(N(CC)CC)cc2C)cc1. The molecule has 0 aliphatic heterocycles. The fourth-order valence-corrected chi connectivity index (χ4v) is 5.02. The van der Waals surface area contributed by atoms with Crippen molar-refractivity contribution in [2.75, 3.05) is 55.0 Å². The lowest BCUT2D eigenvalue weighted by atomic mass is 9.81. The second kappa shape index (κ2) is 11.5. The van der Waals surface area contributed by atoms with E-state index in [9.17, 15) is 0 Å². The fourth-order valence-electron chi connectivity index (χ4n) is 5.02. The topological polar surface area (TPSA) is 9.72 Å². The van der Waals surface area contributed by atoms with Crippen LogP contribution >= 0.6 is 0 Å². The smallest absolute Gasteiger partial charge is 0.0368 e. The molecule has 0 N–H and O–H groups in total. The van der Waals surface area contributed by atoms with Gasteiger partial charge in [-0.3, -0.25) is 0 Å². The summed E-state index contributed by atoms with van der Waals surface area (Å²) in [6, 6.07) is 23.1. The zero-order chi connectivity index (χ0) is 24.8. The summed E-state index contributed by atoms with van der Waals surface area (Å²) in [5.74, 6) is 0.202. The summed E-state index contributed by atoms with van der Waals surface area (Å²) in [4.78, 5) is 7.00. The zero-order valence-corrected chi connectivity index (χ0v) is 22.5. The zero-order valence-electron chi connectivity index (χ0n) is 22.5. The van der Waals surface area contributed by atoms with Crippen LogP contribution in [0.5, 0.6) is 0 Å². The molecule has 0 fully saturated rings. The van der Waals surface area contributed by atoms with Crippen molar-refractivity contribution in [3.63, 3.8) is 0 Å². The third-order valence-corrected chi connectivity index (χ3v) is 7.13. The Hall–Kier alpha value is -2.94. The van der Waals surface area contributed by atoms with Crippen LogP contribution in [0.1, 0.15) is 61.4 Å². The quantitative estimate of drug-likeness (QED) is 0.297. The van der Waals surface area contributed by atoms with Gasteiger partial charge in [0.15, 0.2) is 0 Å². The van der Waals surface area contributed by atoms with Crippen molar-refractivity contribution in [2.45, 2.75) is 47.5 Å². The van der Waals surface area contributed by atoms with Crippen LogP contribution in [0.3, 0.4) is 0 Å². The van der Waals surface area contributed by atoms with Gasteiger partial charge in [-0.2, -0.15) is 0 Å². The number of nitrogens with zero attached hydrogens (tertiary/aromatic N) is 3. The molecule has 3 aromatic carbocycles. The van der Waals surface area contributed by atoms with Crippen molar-refractivity contribution in [1.82, 2.24) is 0 Å². The molecule has 0 amide bonds. The number of hydrogen-bond donors (Lipinski definition) is 0. The third-order valence-electron chi connectivity index (χ3n) is 7.13. The molecule has 3 aromatic rings. The maximum absolute atomic E-state index is 2.42. The number of rotatable bonds is 10. The van der Waals surface area contributed by atoms with Crippen molar-refractivity contribution >= 4 is 17.1 Å². The molecule has 0 aromatic heterocycles. The predicted octanol–water partition coefficient (Wildman–Crippen LogP) is 7.24. The highest BCUT2D eigenvalue weighted by Crippen LogP contribution is 2.38. The van der Waals surface area contributed by atoms with Crippen LogP contribution in [0.25, 0.3) is 0 Å². The average molecular weight is 458 g/mol. The molecule has 0 aliphatic rings. The highest BCUT2D eigenvalue weighted by atomic mass is 15.1. The van der Waals surface area contributed by atoms with Crippen LogP contribution in [0.15, 0.2) is 60.7 Å². The summed E-state index contributed by atoms with van der Waals surface area (Å²) >= 11 is 0. The highest BCUT2D eigenvalue weighted by molar-refractivity contribution is 5.59. The van der Waals surface area contributed by atoms with Crippen LogP contribution in [0, 0.1) is 13.8 Å². The molecule has 3 nitrogen and oxygen atoms in total. The van der Waals surface area contributed by atoms with Gasteiger partial charge >= 0.3 is 0 Å². The molecule has 0 radical (unpaired) electrons. The van der Waals surface area contributed by atoms with Gasteiger partial charge in [-0.05, 0) is 106 Å². The lowest BCUT2D eigenvalue weighted by molar-refractivity contribution is 0.860. The first-order valence-electron chi connectivity index (χ1n) is 12.8. The maximum Gasteiger partial charge on any atom is 0.0368 e. The molecule has 0 heterocycles. The molecule has 1 atom stereocenters. The maximum atomic E-state index is 2.42. The molecule has 0 aliphatic carbocycles. The summed E-state index contributed by atoms with van der Waals surface area (Å²) in [6.45, 7) is 17.5. The van der Waals surface area contributed by atoms with Gasteiger partial charge in [0.2, 0.25) is 0 Å². The average Bonchev–Trinajstić information content (AvgIpc) is 2.83. The fraction of sp³-hybridized carbons (Fsp3) is 0.419. The first-order valence-corrected chi connectivity index (χ1v) is 12.8. The van der Waals surface area contributed by atoms with Crippen LogP contribution in [-0.2, 0) is 0 Å². The van der Waals surface area contributed by atoms with Gasteiger partial charge in [0.05, 0.1) is 0 Å². The first kappa shape index (κ1) is 25.7. The van der Waals surface area contributed by atoms with Crippen LogP contribution in [0.2, 0.25) is 0 Å². The van der Waals surface area contributed by atoms with Gasteiger partial charge in [0, 0.05) is 63.3 Å². The highest BCUT2D eigenvalue weighted by Gasteiger charge is 2.22. The Balaban J connectivity index is 2.14. The van der Waals surface area contributed by atoms with Crippen molar-refractivity contribution in [3.8, 4) is 0 Å². The minimum absolute atomic E-state index is 0.202. The third kappa shape index (κ3) is 5.41. The number of hydrogen-bond acceptors (Lipinski definition) is 3. The molecule has 3 heteroatoms. The van der Waals surface area contributed by atoms with Gasteiger partial charge in [-0.15, -0.1) is 0 Å². The van der Waals surface area contributed by atoms with E-state index in [0.29, 0.717) is 0 Å². The minimum atomic E-state index is 0.202. The molecule has 3 rings (SSSR count). The number of aryl methyl sites for hydroxylation is 2. The molecule has 182 valence electrons. The normalized spacial score (nSPS) is 11.9. The van der Waals surface area contributed by atoms with Crippen LogP contribution in [-0.4, -0.2) is 40.3 Å². The van der Waals surface area contributed by atoms with Crippen molar-refractivity contribution in [1.29, 1.82) is 0 Å². The van der Waals surface area contributed by atoms with Crippen molar-refractivity contribution in [2.24, 2.45) is 0 Å². The van der Waals surface area contributed by atoms with E-state index in [1.54, 1.807) is 0 Å². The number of anilines is 3. The molecule has 0 spiro atoms. The second-order valence-electron chi connectivity index (χ2n) is 9.35. The Morgan fingerprint density at radius 3 is 1.41 bits per heavy atom. The van der Waals surface area contributed by atoms with Gasteiger partial charge in [-0.25, -0.2) is 0 Å². The van der Waals surface area contributed by atoms with E-state index in [1.807, 2.05) is 0 Å². The molecule has 34 heavy (non-hydrogen) atoms. The number of benzene rings is 3. The van der Waals surface area contributed by atoms with Crippen LogP contribution < -0.4 is 14.7 Å². The van der Waals surface area contributed by atoms with E-state index >= 15 is 0 Å². The Morgan fingerprint density at radius 2 is 0.971 bits per heavy atom. The predicted molar refractivity (Wildman–Crippen MR) is 151 cm³/mol. The molecular formula is C31H43N3. The first-order chi connectivity index (χ1) is 16.3. The Bertz CT molecular complexity index is 1060. The monoisotopic (exact) mass is 457 g/mol. The standard InChI is InChI=1S/C31H43N3/c1-9-33(10-2)26-15-13-25(14-16-26)31(29-19-17-27(32(7)8)21-23(29)5)30-20-18-28(22-24(30)6)34(11-3)12-4/h13-22,31H,9-12H2,1-8H3. The van der Waals surface area contributed by atoms with Crippen molar-refractivity contribution < 1.29 is 0 Å². The van der Waals surface area contributed by atoms with E-state index in [4.69, 9.17) is 0 Å². The van der Waals surface area contributed by atoms with E-state index in [2.05, 4.69) is 131 Å². The Labute approximate surface area is 208 Å². The summed E-state index contributed by atoms with van der Waals surface area (Å²) in [5.41, 5.74) is 10.6. The molecule has 0 saturated heterocycles. The molecular weight excluding hydrogens is 414 g/mol. The molecule has 0 bridgehead atoms. The van der Waals surface area contributed by atoms with Gasteiger partial charge < -0.3 is 14.7 Å². The summed E-state index contributed by atoms with van der Waals surface area (Å²) < 4.78 is 0. The van der Waals surface area contributed by atoms with Gasteiger partial charge in [0.1, 0.15) is 0 Å². The van der Waals surface area contributed by atoms with Gasteiger partial charge in [-0.1, -0.05) is 24.3 Å². The Morgan fingerprint density at radius 1 is 0.559 bits per heavy atom. The van der Waals surface area contributed by atoms with E-state index in [1.165, 1.54) is 44.9 Å². The lowest BCUT2D eigenvalue weighted by Gasteiger charge is -2.27. The lowest BCUT2D eigenvalue weighted by Crippen LogP contribution is -2.22. The summed E-state index contributed by atoms with van der Waals surface area (Å²) in [5, 5.41) is 0. The molecule has 0 saturated carbocycles.